The van der Waals surface area contributed by atoms with Gasteiger partial charge in [0.15, 0.2) is 16.3 Å². The third-order valence-electron chi connectivity index (χ3n) is 3.76. The molecule has 1 amide bonds. The molecule has 1 aliphatic rings. The molecule has 2 aromatic carbocycles. The van der Waals surface area contributed by atoms with Gasteiger partial charge in [-0.05, 0) is 24.3 Å². The SMILES string of the molecule is Cn1c(=NC(=O)c2ccc(Br)cc2)sc2cc3c(cc21)OCCO3. The Balaban J connectivity index is 1.80. The molecule has 0 unspecified atom stereocenters. The Bertz CT molecular complexity index is 1010. The number of ether oxygens (including phenoxy) is 2. The summed E-state index contributed by atoms with van der Waals surface area (Å²) in [6, 6.07) is 11.0. The van der Waals surface area contributed by atoms with E-state index < -0.39 is 0 Å². The first-order valence-electron chi connectivity index (χ1n) is 7.35. The van der Waals surface area contributed by atoms with Gasteiger partial charge in [0, 0.05) is 29.2 Å². The van der Waals surface area contributed by atoms with Gasteiger partial charge in [0.25, 0.3) is 5.91 Å². The Hall–Kier alpha value is -2.12. The number of amides is 1. The molecule has 0 N–H and O–H groups in total. The van der Waals surface area contributed by atoms with E-state index in [4.69, 9.17) is 9.47 Å². The van der Waals surface area contributed by atoms with Gasteiger partial charge < -0.3 is 14.0 Å². The van der Waals surface area contributed by atoms with E-state index in [0.717, 1.165) is 26.2 Å². The summed E-state index contributed by atoms with van der Waals surface area (Å²) >= 11 is 4.81. The van der Waals surface area contributed by atoms with E-state index in [2.05, 4.69) is 20.9 Å². The number of fused-ring (bicyclic) bond motifs is 2. The van der Waals surface area contributed by atoms with Crippen molar-refractivity contribution in [1.82, 2.24) is 4.57 Å². The van der Waals surface area contributed by atoms with Crippen LogP contribution in [-0.2, 0) is 7.05 Å². The maximum atomic E-state index is 12.4. The zero-order chi connectivity index (χ0) is 16.7. The van der Waals surface area contributed by atoms with Gasteiger partial charge in [0.05, 0.1) is 10.2 Å². The molecule has 122 valence electrons. The van der Waals surface area contributed by atoms with Gasteiger partial charge in [-0.25, -0.2) is 0 Å². The molecule has 1 aromatic heterocycles. The Morgan fingerprint density at radius 2 is 1.83 bits per heavy atom. The maximum absolute atomic E-state index is 12.4. The van der Waals surface area contributed by atoms with Crippen LogP contribution < -0.4 is 14.3 Å². The lowest BCUT2D eigenvalue weighted by Crippen LogP contribution is -2.15. The Morgan fingerprint density at radius 3 is 2.54 bits per heavy atom. The minimum Gasteiger partial charge on any atom is -0.486 e. The highest BCUT2D eigenvalue weighted by Crippen LogP contribution is 2.35. The lowest BCUT2D eigenvalue weighted by Gasteiger charge is -2.18. The van der Waals surface area contributed by atoms with Crippen LogP contribution >= 0.6 is 27.3 Å². The van der Waals surface area contributed by atoms with Crippen molar-refractivity contribution in [3.8, 4) is 11.5 Å². The molecule has 0 atom stereocenters. The van der Waals surface area contributed by atoms with Crippen LogP contribution in [0.2, 0.25) is 0 Å². The van der Waals surface area contributed by atoms with Crippen molar-refractivity contribution in [2.45, 2.75) is 0 Å². The zero-order valence-electron chi connectivity index (χ0n) is 12.8. The average molecular weight is 405 g/mol. The number of carbonyl (C=O) groups is 1. The van der Waals surface area contributed by atoms with E-state index in [1.165, 1.54) is 11.3 Å². The number of carbonyl (C=O) groups excluding carboxylic acids is 1. The summed E-state index contributed by atoms with van der Waals surface area (Å²) in [6.45, 7) is 1.10. The monoisotopic (exact) mass is 404 g/mol. The summed E-state index contributed by atoms with van der Waals surface area (Å²) in [4.78, 5) is 17.3. The first kappa shape index (κ1) is 15.4. The van der Waals surface area contributed by atoms with Crippen molar-refractivity contribution in [2.24, 2.45) is 12.0 Å². The standard InChI is InChI=1S/C17H13BrN2O3S/c1-20-12-8-13-14(23-7-6-22-13)9-15(12)24-17(20)19-16(21)10-2-4-11(18)5-3-10/h2-5,8-9H,6-7H2,1H3. The van der Waals surface area contributed by atoms with Crippen LogP contribution in [0.1, 0.15) is 10.4 Å². The third kappa shape index (κ3) is 2.74. The molecule has 2 heterocycles. The van der Waals surface area contributed by atoms with Gasteiger partial charge in [-0.1, -0.05) is 27.3 Å². The summed E-state index contributed by atoms with van der Waals surface area (Å²) in [6.07, 6.45) is 0. The van der Waals surface area contributed by atoms with Crippen molar-refractivity contribution in [3.05, 3.63) is 51.2 Å². The minimum atomic E-state index is -0.262. The van der Waals surface area contributed by atoms with Crippen LogP contribution in [0.5, 0.6) is 11.5 Å². The van der Waals surface area contributed by atoms with E-state index in [1.54, 1.807) is 12.1 Å². The Kier molecular flexibility index (Phi) is 3.90. The molecule has 0 saturated heterocycles. The van der Waals surface area contributed by atoms with Crippen LogP contribution in [0.15, 0.2) is 45.9 Å². The molecular formula is C17H13BrN2O3S. The van der Waals surface area contributed by atoms with Gasteiger partial charge in [-0.2, -0.15) is 4.99 Å². The Labute approximate surface area is 150 Å². The van der Waals surface area contributed by atoms with Crippen LogP contribution in [0, 0.1) is 0 Å². The van der Waals surface area contributed by atoms with Crippen LogP contribution in [0.25, 0.3) is 10.2 Å². The van der Waals surface area contributed by atoms with Crippen LogP contribution in [0.4, 0.5) is 0 Å². The van der Waals surface area contributed by atoms with E-state index in [9.17, 15) is 4.79 Å². The molecule has 0 spiro atoms. The number of nitrogens with zero attached hydrogens (tertiary/aromatic N) is 2. The first-order valence-corrected chi connectivity index (χ1v) is 8.96. The smallest absolute Gasteiger partial charge is 0.279 e. The largest absolute Gasteiger partial charge is 0.486 e. The lowest BCUT2D eigenvalue weighted by atomic mass is 10.2. The van der Waals surface area contributed by atoms with Gasteiger partial charge in [-0.3, -0.25) is 4.79 Å². The fourth-order valence-corrected chi connectivity index (χ4v) is 3.81. The van der Waals surface area contributed by atoms with Gasteiger partial charge >= 0.3 is 0 Å². The van der Waals surface area contributed by atoms with Crippen molar-refractivity contribution in [1.29, 1.82) is 0 Å². The summed E-state index contributed by atoms with van der Waals surface area (Å²) in [5.41, 5.74) is 1.52. The van der Waals surface area contributed by atoms with E-state index >= 15 is 0 Å². The molecule has 0 radical (unpaired) electrons. The topological polar surface area (TPSA) is 52.8 Å². The predicted molar refractivity (Wildman–Crippen MR) is 95.8 cm³/mol. The summed E-state index contributed by atoms with van der Waals surface area (Å²) in [5, 5.41) is 0. The normalized spacial score (nSPS) is 14.2. The molecule has 1 aliphatic heterocycles. The zero-order valence-corrected chi connectivity index (χ0v) is 15.2. The average Bonchev–Trinajstić information content (AvgIpc) is 2.89. The van der Waals surface area contributed by atoms with Crippen molar-refractivity contribution in [2.75, 3.05) is 13.2 Å². The number of hydrogen-bond donors (Lipinski definition) is 0. The molecule has 0 bridgehead atoms. The molecule has 7 heteroatoms. The van der Waals surface area contributed by atoms with Crippen molar-refractivity contribution >= 4 is 43.4 Å². The van der Waals surface area contributed by atoms with Crippen molar-refractivity contribution in [3.63, 3.8) is 0 Å². The van der Waals surface area contributed by atoms with E-state index in [0.29, 0.717) is 23.6 Å². The highest BCUT2D eigenvalue weighted by molar-refractivity contribution is 9.10. The van der Waals surface area contributed by atoms with E-state index in [-0.39, 0.29) is 5.91 Å². The number of aromatic nitrogens is 1. The second kappa shape index (κ2) is 6.07. The van der Waals surface area contributed by atoms with Crippen LogP contribution in [-0.4, -0.2) is 23.7 Å². The molecule has 4 rings (SSSR count). The first-order chi connectivity index (χ1) is 11.6. The summed E-state index contributed by atoms with van der Waals surface area (Å²) in [7, 11) is 1.89. The number of thiazole rings is 1. The van der Waals surface area contributed by atoms with E-state index in [1.807, 2.05) is 35.9 Å². The fraction of sp³-hybridized carbons (Fsp3) is 0.176. The number of hydrogen-bond acceptors (Lipinski definition) is 4. The number of benzene rings is 2. The number of halogens is 1. The quantitative estimate of drug-likeness (QED) is 0.623. The van der Waals surface area contributed by atoms with Crippen LogP contribution in [0.3, 0.4) is 0 Å². The summed E-state index contributed by atoms with van der Waals surface area (Å²) < 4.78 is 15.1. The molecule has 0 saturated carbocycles. The minimum absolute atomic E-state index is 0.262. The Morgan fingerprint density at radius 1 is 1.17 bits per heavy atom. The number of aryl methyl sites for hydroxylation is 1. The fourth-order valence-electron chi connectivity index (χ4n) is 2.51. The highest BCUT2D eigenvalue weighted by atomic mass is 79.9. The molecule has 0 fully saturated rings. The highest BCUT2D eigenvalue weighted by Gasteiger charge is 2.15. The molecule has 24 heavy (non-hydrogen) atoms. The van der Waals surface area contributed by atoms with Crippen molar-refractivity contribution < 1.29 is 14.3 Å². The summed E-state index contributed by atoms with van der Waals surface area (Å²) in [5.74, 6) is 1.20. The second-order valence-corrected chi connectivity index (χ2v) is 7.26. The number of rotatable bonds is 1. The second-order valence-electron chi connectivity index (χ2n) is 5.33. The molecular weight excluding hydrogens is 392 g/mol. The van der Waals surface area contributed by atoms with Gasteiger partial charge in [0.1, 0.15) is 13.2 Å². The predicted octanol–water partition coefficient (Wildman–Crippen LogP) is 3.51. The lowest BCUT2D eigenvalue weighted by molar-refractivity contribution is 0.0998. The van der Waals surface area contributed by atoms with Gasteiger partial charge in [0.2, 0.25) is 0 Å². The third-order valence-corrected chi connectivity index (χ3v) is 5.38. The maximum Gasteiger partial charge on any atom is 0.279 e. The molecule has 0 aliphatic carbocycles. The molecule has 5 nitrogen and oxygen atoms in total. The van der Waals surface area contributed by atoms with Gasteiger partial charge in [-0.15, -0.1) is 0 Å². The molecule has 3 aromatic rings.